The van der Waals surface area contributed by atoms with Crippen molar-refractivity contribution >= 4 is 11.8 Å². The molecule has 1 heterocycles. The molecule has 2 N–H and O–H groups in total. The Morgan fingerprint density at radius 3 is 2.83 bits per heavy atom. The Morgan fingerprint density at radius 1 is 1.39 bits per heavy atom. The van der Waals surface area contributed by atoms with Gasteiger partial charge in [-0.25, -0.2) is 0 Å². The minimum Gasteiger partial charge on any atom is -0.504 e. The second-order valence-electron chi connectivity index (χ2n) is 4.69. The van der Waals surface area contributed by atoms with Gasteiger partial charge >= 0.3 is 0 Å². The van der Waals surface area contributed by atoms with Crippen LogP contribution in [0.2, 0.25) is 0 Å². The SMILES string of the molecule is COc1ccc(CNCC2CCSCC2)cc1O. The number of nitrogens with one attached hydrogen (secondary N) is 1. The highest BCUT2D eigenvalue weighted by atomic mass is 32.2. The molecule has 2 rings (SSSR count). The molecular weight excluding hydrogens is 246 g/mol. The predicted octanol–water partition coefficient (Wildman–Crippen LogP) is 2.63. The van der Waals surface area contributed by atoms with Gasteiger partial charge in [0, 0.05) is 6.54 Å². The van der Waals surface area contributed by atoms with Gasteiger partial charge in [0.05, 0.1) is 7.11 Å². The maximum absolute atomic E-state index is 9.68. The van der Waals surface area contributed by atoms with E-state index in [0.29, 0.717) is 5.75 Å². The zero-order chi connectivity index (χ0) is 12.8. The fourth-order valence-electron chi connectivity index (χ4n) is 2.22. The molecule has 0 unspecified atom stereocenters. The molecule has 4 heteroatoms. The van der Waals surface area contributed by atoms with E-state index in [1.54, 1.807) is 13.2 Å². The topological polar surface area (TPSA) is 41.5 Å². The molecule has 100 valence electrons. The molecule has 1 fully saturated rings. The molecule has 0 amide bonds. The Morgan fingerprint density at radius 2 is 2.17 bits per heavy atom. The number of ether oxygens (including phenoxy) is 1. The van der Waals surface area contributed by atoms with Crippen LogP contribution in [0, 0.1) is 5.92 Å². The van der Waals surface area contributed by atoms with Gasteiger partial charge in [0.2, 0.25) is 0 Å². The highest BCUT2D eigenvalue weighted by Gasteiger charge is 2.12. The summed E-state index contributed by atoms with van der Waals surface area (Å²) in [5.74, 6) is 4.16. The smallest absolute Gasteiger partial charge is 0.160 e. The number of rotatable bonds is 5. The zero-order valence-electron chi connectivity index (χ0n) is 10.8. The van der Waals surface area contributed by atoms with Crippen LogP contribution in [0.3, 0.4) is 0 Å². The van der Waals surface area contributed by atoms with Crippen LogP contribution >= 0.6 is 11.8 Å². The molecule has 0 aromatic heterocycles. The zero-order valence-corrected chi connectivity index (χ0v) is 11.6. The molecule has 3 nitrogen and oxygen atoms in total. The molecule has 18 heavy (non-hydrogen) atoms. The quantitative estimate of drug-likeness (QED) is 0.860. The molecule has 1 aliphatic heterocycles. The number of aromatic hydroxyl groups is 1. The van der Waals surface area contributed by atoms with E-state index in [9.17, 15) is 5.11 Å². The second-order valence-corrected chi connectivity index (χ2v) is 5.92. The summed E-state index contributed by atoms with van der Waals surface area (Å²) in [4.78, 5) is 0. The summed E-state index contributed by atoms with van der Waals surface area (Å²) in [7, 11) is 1.56. The molecule has 1 aliphatic rings. The Bertz CT molecular complexity index is 378. The van der Waals surface area contributed by atoms with E-state index >= 15 is 0 Å². The van der Waals surface area contributed by atoms with E-state index in [4.69, 9.17) is 4.74 Å². The van der Waals surface area contributed by atoms with Gasteiger partial charge < -0.3 is 15.2 Å². The van der Waals surface area contributed by atoms with Crippen LogP contribution in [-0.2, 0) is 6.54 Å². The first-order valence-electron chi connectivity index (χ1n) is 6.44. The number of thioether (sulfide) groups is 1. The maximum atomic E-state index is 9.68. The van der Waals surface area contributed by atoms with Gasteiger partial charge in [-0.3, -0.25) is 0 Å². The number of hydrogen-bond acceptors (Lipinski definition) is 4. The highest BCUT2D eigenvalue weighted by Crippen LogP contribution is 2.26. The Kier molecular flexibility index (Phi) is 5.20. The molecule has 1 aromatic carbocycles. The summed E-state index contributed by atoms with van der Waals surface area (Å²) in [6, 6.07) is 5.56. The van der Waals surface area contributed by atoms with Crippen LogP contribution in [0.1, 0.15) is 18.4 Å². The van der Waals surface area contributed by atoms with E-state index in [-0.39, 0.29) is 5.75 Å². The largest absolute Gasteiger partial charge is 0.504 e. The average molecular weight is 267 g/mol. The lowest BCUT2D eigenvalue weighted by atomic mass is 10.0. The summed E-state index contributed by atoms with van der Waals surface area (Å²) in [5, 5.41) is 13.2. The number of phenolic OH excluding ortho intramolecular Hbond substituents is 1. The second kappa shape index (κ2) is 6.90. The lowest BCUT2D eigenvalue weighted by Gasteiger charge is -2.21. The number of benzene rings is 1. The molecule has 1 aromatic rings. The Hall–Kier alpha value is -0.870. The fourth-order valence-corrected chi connectivity index (χ4v) is 3.42. The lowest BCUT2D eigenvalue weighted by Crippen LogP contribution is -2.25. The van der Waals surface area contributed by atoms with Crippen LogP contribution in [-0.4, -0.2) is 30.3 Å². The molecule has 0 spiro atoms. The first-order chi connectivity index (χ1) is 8.79. The van der Waals surface area contributed by atoms with Crippen molar-refractivity contribution in [2.45, 2.75) is 19.4 Å². The average Bonchev–Trinajstić information content (AvgIpc) is 2.40. The molecule has 0 radical (unpaired) electrons. The van der Waals surface area contributed by atoms with Crippen molar-refractivity contribution in [2.24, 2.45) is 5.92 Å². The molecular formula is C14H21NO2S. The monoisotopic (exact) mass is 267 g/mol. The van der Waals surface area contributed by atoms with Gasteiger partial charge in [-0.2, -0.15) is 11.8 Å². The molecule has 0 atom stereocenters. The third-order valence-electron chi connectivity index (χ3n) is 3.35. The standard InChI is InChI=1S/C14H21NO2S/c1-17-14-3-2-12(8-13(14)16)10-15-9-11-4-6-18-7-5-11/h2-3,8,11,15-16H,4-7,9-10H2,1H3. The van der Waals surface area contributed by atoms with Gasteiger partial charge in [0.1, 0.15) is 0 Å². The van der Waals surface area contributed by atoms with Crippen molar-refractivity contribution < 1.29 is 9.84 Å². The molecule has 1 saturated heterocycles. The van der Waals surface area contributed by atoms with Crippen molar-refractivity contribution in [2.75, 3.05) is 25.2 Å². The van der Waals surface area contributed by atoms with Crippen LogP contribution < -0.4 is 10.1 Å². The van der Waals surface area contributed by atoms with Gasteiger partial charge in [-0.1, -0.05) is 6.07 Å². The normalized spacial score (nSPS) is 16.7. The fraction of sp³-hybridized carbons (Fsp3) is 0.571. The van der Waals surface area contributed by atoms with E-state index in [2.05, 4.69) is 17.1 Å². The van der Waals surface area contributed by atoms with Gasteiger partial charge in [-0.15, -0.1) is 0 Å². The van der Waals surface area contributed by atoms with E-state index in [1.165, 1.54) is 24.3 Å². The Labute approximate surface area is 113 Å². The van der Waals surface area contributed by atoms with Crippen LogP contribution in [0.4, 0.5) is 0 Å². The minimum absolute atomic E-state index is 0.214. The van der Waals surface area contributed by atoms with Crippen molar-refractivity contribution in [3.8, 4) is 11.5 Å². The highest BCUT2D eigenvalue weighted by molar-refractivity contribution is 7.99. The van der Waals surface area contributed by atoms with Crippen molar-refractivity contribution in [3.63, 3.8) is 0 Å². The number of methoxy groups -OCH3 is 1. The Balaban J connectivity index is 1.77. The van der Waals surface area contributed by atoms with Crippen molar-refractivity contribution in [3.05, 3.63) is 23.8 Å². The number of phenols is 1. The maximum Gasteiger partial charge on any atom is 0.160 e. The van der Waals surface area contributed by atoms with Gasteiger partial charge in [-0.05, 0) is 54.5 Å². The molecule has 0 bridgehead atoms. The summed E-state index contributed by atoms with van der Waals surface area (Å²) >= 11 is 2.06. The summed E-state index contributed by atoms with van der Waals surface area (Å²) in [6.07, 6.45) is 2.65. The van der Waals surface area contributed by atoms with Crippen molar-refractivity contribution in [1.29, 1.82) is 0 Å². The summed E-state index contributed by atoms with van der Waals surface area (Å²) in [6.45, 7) is 1.88. The van der Waals surface area contributed by atoms with Crippen LogP contribution in [0.15, 0.2) is 18.2 Å². The predicted molar refractivity (Wildman–Crippen MR) is 76.4 cm³/mol. The summed E-state index contributed by atoms with van der Waals surface area (Å²) < 4.78 is 5.03. The minimum atomic E-state index is 0.214. The van der Waals surface area contributed by atoms with E-state index in [1.807, 2.05) is 12.1 Å². The van der Waals surface area contributed by atoms with E-state index < -0.39 is 0 Å². The van der Waals surface area contributed by atoms with Crippen LogP contribution in [0.5, 0.6) is 11.5 Å². The summed E-state index contributed by atoms with van der Waals surface area (Å²) in [5.41, 5.74) is 1.10. The molecule has 0 saturated carbocycles. The lowest BCUT2D eigenvalue weighted by molar-refractivity contribution is 0.372. The molecule has 0 aliphatic carbocycles. The van der Waals surface area contributed by atoms with Crippen molar-refractivity contribution in [1.82, 2.24) is 5.32 Å². The first kappa shape index (κ1) is 13.6. The van der Waals surface area contributed by atoms with Gasteiger partial charge in [0.25, 0.3) is 0 Å². The third-order valence-corrected chi connectivity index (χ3v) is 4.40. The third kappa shape index (κ3) is 3.82. The van der Waals surface area contributed by atoms with E-state index in [0.717, 1.165) is 24.6 Å². The van der Waals surface area contributed by atoms with Crippen LogP contribution in [0.25, 0.3) is 0 Å². The van der Waals surface area contributed by atoms with Gasteiger partial charge in [0.15, 0.2) is 11.5 Å². The first-order valence-corrected chi connectivity index (χ1v) is 7.59. The number of hydrogen-bond donors (Lipinski definition) is 2.